The average Bonchev–Trinajstić information content (AvgIpc) is 3.20. The van der Waals surface area contributed by atoms with E-state index in [1.165, 1.54) is 12.1 Å². The summed E-state index contributed by atoms with van der Waals surface area (Å²) in [5.74, 6) is 0.716. The first kappa shape index (κ1) is 22.5. The molecular formula is C26H21F3N4O2. The van der Waals surface area contributed by atoms with Crippen molar-refractivity contribution < 1.29 is 22.7 Å². The van der Waals surface area contributed by atoms with Crippen molar-refractivity contribution >= 4 is 28.6 Å². The molecule has 35 heavy (non-hydrogen) atoms. The lowest BCUT2D eigenvalue weighted by molar-refractivity contribution is -0.137. The fourth-order valence-corrected chi connectivity index (χ4v) is 4.33. The minimum atomic E-state index is -4.52. The first-order valence-corrected chi connectivity index (χ1v) is 10.8. The van der Waals surface area contributed by atoms with Crippen molar-refractivity contribution in [1.29, 1.82) is 0 Å². The molecule has 0 saturated heterocycles. The Balaban J connectivity index is 1.61. The molecule has 1 atom stereocenters. The molecular weight excluding hydrogens is 457 g/mol. The number of alkyl halides is 3. The maximum atomic E-state index is 13.6. The number of hydrogen-bond donors (Lipinski definition) is 2. The Kier molecular flexibility index (Phi) is 5.47. The van der Waals surface area contributed by atoms with Crippen molar-refractivity contribution in [2.24, 2.45) is 0 Å². The van der Waals surface area contributed by atoms with Gasteiger partial charge >= 0.3 is 6.18 Å². The Morgan fingerprint density at radius 1 is 1.06 bits per heavy atom. The van der Waals surface area contributed by atoms with E-state index in [0.717, 1.165) is 28.7 Å². The van der Waals surface area contributed by atoms with Crippen LogP contribution in [0.2, 0.25) is 0 Å². The van der Waals surface area contributed by atoms with Crippen LogP contribution < -0.4 is 15.4 Å². The van der Waals surface area contributed by atoms with Crippen molar-refractivity contribution in [3.8, 4) is 5.75 Å². The number of imidazole rings is 1. The molecule has 5 rings (SSSR count). The van der Waals surface area contributed by atoms with Gasteiger partial charge in [0.05, 0.1) is 35.3 Å². The molecule has 0 saturated carbocycles. The molecule has 0 fully saturated rings. The zero-order chi connectivity index (χ0) is 24.7. The minimum absolute atomic E-state index is 0.0555. The molecule has 9 heteroatoms. The third kappa shape index (κ3) is 4.09. The van der Waals surface area contributed by atoms with Gasteiger partial charge in [0.25, 0.3) is 5.91 Å². The molecule has 0 bridgehead atoms. The molecule has 1 amide bonds. The smallest absolute Gasteiger partial charge is 0.416 e. The summed E-state index contributed by atoms with van der Waals surface area (Å²) in [4.78, 5) is 18.2. The van der Waals surface area contributed by atoms with E-state index in [1.807, 2.05) is 41.0 Å². The summed E-state index contributed by atoms with van der Waals surface area (Å²) in [6, 6.07) is 18.9. The third-order valence-corrected chi connectivity index (χ3v) is 5.95. The lowest BCUT2D eigenvalue weighted by Crippen LogP contribution is -2.31. The minimum Gasteiger partial charge on any atom is -0.497 e. The second-order valence-electron chi connectivity index (χ2n) is 8.17. The van der Waals surface area contributed by atoms with Gasteiger partial charge in [0.15, 0.2) is 0 Å². The quantitative estimate of drug-likeness (QED) is 0.378. The van der Waals surface area contributed by atoms with E-state index < -0.39 is 23.7 Å². The Morgan fingerprint density at radius 2 is 1.80 bits per heavy atom. The third-order valence-electron chi connectivity index (χ3n) is 5.95. The van der Waals surface area contributed by atoms with Crippen LogP contribution in [0.5, 0.6) is 5.75 Å². The van der Waals surface area contributed by atoms with E-state index in [4.69, 9.17) is 4.74 Å². The molecule has 1 aliphatic rings. The molecule has 178 valence electrons. The highest BCUT2D eigenvalue weighted by atomic mass is 19.4. The number of hydrogen-bond acceptors (Lipinski definition) is 4. The van der Waals surface area contributed by atoms with Gasteiger partial charge in [-0.05, 0) is 55.0 Å². The lowest BCUT2D eigenvalue weighted by atomic mass is 9.94. The van der Waals surface area contributed by atoms with E-state index in [1.54, 1.807) is 26.2 Å². The van der Waals surface area contributed by atoms with Crippen molar-refractivity contribution in [2.75, 3.05) is 17.7 Å². The van der Waals surface area contributed by atoms with E-state index in [9.17, 15) is 18.0 Å². The van der Waals surface area contributed by atoms with Crippen LogP contribution in [0.15, 0.2) is 84.1 Å². The number of aromatic nitrogens is 2. The highest BCUT2D eigenvalue weighted by Crippen LogP contribution is 2.40. The van der Waals surface area contributed by atoms with Crippen molar-refractivity contribution in [3.05, 3.63) is 95.2 Å². The summed E-state index contributed by atoms with van der Waals surface area (Å²) in [7, 11) is 1.57. The Labute approximate surface area is 199 Å². The molecule has 0 unspecified atom stereocenters. The first-order chi connectivity index (χ1) is 16.8. The van der Waals surface area contributed by atoms with E-state index >= 15 is 0 Å². The predicted molar refractivity (Wildman–Crippen MR) is 127 cm³/mol. The number of halogens is 3. The highest BCUT2D eigenvalue weighted by Gasteiger charge is 2.35. The number of allylic oxidation sites excluding steroid dienone is 1. The topological polar surface area (TPSA) is 68.2 Å². The first-order valence-electron chi connectivity index (χ1n) is 10.8. The van der Waals surface area contributed by atoms with Crippen LogP contribution in [0.25, 0.3) is 11.0 Å². The number of para-hydroxylation sites is 2. The molecule has 0 radical (unpaired) electrons. The monoisotopic (exact) mass is 478 g/mol. The number of carbonyl (C=O) groups excluding carboxylic acids is 1. The number of nitrogens with zero attached hydrogens (tertiary/aromatic N) is 2. The van der Waals surface area contributed by atoms with Gasteiger partial charge in [-0.2, -0.15) is 13.2 Å². The van der Waals surface area contributed by atoms with Gasteiger partial charge in [-0.25, -0.2) is 4.98 Å². The van der Waals surface area contributed by atoms with Gasteiger partial charge in [0, 0.05) is 11.4 Å². The van der Waals surface area contributed by atoms with Crippen LogP contribution in [-0.4, -0.2) is 22.6 Å². The zero-order valence-corrected chi connectivity index (χ0v) is 18.9. The molecule has 2 heterocycles. The van der Waals surface area contributed by atoms with Crippen LogP contribution >= 0.6 is 0 Å². The van der Waals surface area contributed by atoms with Crippen LogP contribution in [0, 0.1) is 0 Å². The maximum Gasteiger partial charge on any atom is 0.416 e. The second kappa shape index (κ2) is 8.50. The van der Waals surface area contributed by atoms with Crippen LogP contribution in [-0.2, 0) is 11.0 Å². The van der Waals surface area contributed by atoms with E-state index in [2.05, 4.69) is 15.6 Å². The maximum absolute atomic E-state index is 13.6. The molecule has 4 aromatic rings. The molecule has 0 spiro atoms. The Morgan fingerprint density at radius 3 is 2.51 bits per heavy atom. The SMILES string of the molecule is COc1ccc([C@H]2C(C(=O)Nc3cccc(C(F)(F)F)c3)=C(C)Nc3nc4ccccc4n32)cc1. The second-order valence-corrected chi connectivity index (χ2v) is 8.17. The summed E-state index contributed by atoms with van der Waals surface area (Å²) in [6.07, 6.45) is -4.52. The van der Waals surface area contributed by atoms with Gasteiger partial charge in [0.1, 0.15) is 5.75 Å². The molecule has 3 aromatic carbocycles. The van der Waals surface area contributed by atoms with Gasteiger partial charge in [-0.15, -0.1) is 0 Å². The van der Waals surface area contributed by atoms with Gasteiger partial charge < -0.3 is 15.4 Å². The molecule has 0 aliphatic carbocycles. The van der Waals surface area contributed by atoms with Crippen molar-refractivity contribution in [2.45, 2.75) is 19.1 Å². The summed E-state index contributed by atoms with van der Waals surface area (Å²) >= 11 is 0. The standard InChI is InChI=1S/C26H21F3N4O2/c1-15-22(24(34)31-18-7-5-6-17(14-18)26(27,28)29)23(16-10-12-19(35-2)13-11-16)33-21-9-4-3-8-20(21)32-25(33)30-15/h3-14,23H,1-2H3,(H,30,32)(H,31,34)/t23-/m0/s1. The molecule has 2 N–H and O–H groups in total. The fraction of sp³-hybridized carbons (Fsp3) is 0.154. The van der Waals surface area contributed by atoms with Gasteiger partial charge in [-0.1, -0.05) is 30.3 Å². The van der Waals surface area contributed by atoms with Gasteiger partial charge in [0.2, 0.25) is 5.95 Å². The zero-order valence-electron chi connectivity index (χ0n) is 18.9. The summed E-state index contributed by atoms with van der Waals surface area (Å²) in [5.41, 5.74) is 2.50. The number of rotatable bonds is 4. The van der Waals surface area contributed by atoms with Crippen LogP contribution in [0.3, 0.4) is 0 Å². The van der Waals surface area contributed by atoms with Gasteiger partial charge in [-0.3, -0.25) is 9.36 Å². The van der Waals surface area contributed by atoms with E-state index in [0.29, 0.717) is 23.0 Å². The number of amides is 1. The molecule has 6 nitrogen and oxygen atoms in total. The van der Waals surface area contributed by atoms with Crippen molar-refractivity contribution in [3.63, 3.8) is 0 Å². The number of benzene rings is 3. The Hall–Kier alpha value is -4.27. The lowest BCUT2D eigenvalue weighted by Gasteiger charge is -2.31. The fourth-order valence-electron chi connectivity index (χ4n) is 4.33. The van der Waals surface area contributed by atoms with E-state index in [-0.39, 0.29) is 5.69 Å². The van der Waals surface area contributed by atoms with Crippen LogP contribution in [0.1, 0.15) is 24.1 Å². The largest absolute Gasteiger partial charge is 0.497 e. The molecule has 1 aromatic heterocycles. The molecule has 1 aliphatic heterocycles. The van der Waals surface area contributed by atoms with Crippen molar-refractivity contribution in [1.82, 2.24) is 9.55 Å². The van der Waals surface area contributed by atoms with Crippen LogP contribution in [0.4, 0.5) is 24.8 Å². The normalized spacial score (nSPS) is 15.5. The number of nitrogens with one attached hydrogen (secondary N) is 2. The summed E-state index contributed by atoms with van der Waals surface area (Å²) in [6.45, 7) is 1.75. The number of anilines is 2. The highest BCUT2D eigenvalue weighted by molar-refractivity contribution is 6.06. The number of ether oxygens (including phenoxy) is 1. The summed E-state index contributed by atoms with van der Waals surface area (Å²) in [5, 5.41) is 5.84. The number of fused-ring (bicyclic) bond motifs is 3. The predicted octanol–water partition coefficient (Wildman–Crippen LogP) is 5.99. The number of carbonyl (C=O) groups is 1. The Bertz CT molecular complexity index is 1460. The average molecular weight is 478 g/mol. The summed E-state index contributed by atoms with van der Waals surface area (Å²) < 4.78 is 46.8. The number of methoxy groups -OCH3 is 1.